The van der Waals surface area contributed by atoms with Crippen LogP contribution in [0.3, 0.4) is 0 Å². The zero-order chi connectivity index (χ0) is 18.6. The highest BCUT2D eigenvalue weighted by atomic mass is 32.2. The maximum absolute atomic E-state index is 10.7. The van der Waals surface area contributed by atoms with Crippen molar-refractivity contribution in [3.05, 3.63) is 57.9 Å². The topological polar surface area (TPSA) is 122 Å². The Morgan fingerprint density at radius 3 is 2.65 bits per heavy atom. The van der Waals surface area contributed by atoms with E-state index in [1.54, 1.807) is 36.1 Å². The fraction of sp³-hybridized carbons (Fsp3) is 0.467. The molecule has 2 rings (SSSR count). The van der Waals surface area contributed by atoms with E-state index in [4.69, 9.17) is 4.52 Å². The lowest BCUT2D eigenvalue weighted by molar-refractivity contribution is -0.404. The van der Waals surface area contributed by atoms with Crippen LogP contribution in [-0.2, 0) is 11.5 Å². The molecule has 0 aliphatic heterocycles. The van der Waals surface area contributed by atoms with Gasteiger partial charge < -0.3 is 20.1 Å². The van der Waals surface area contributed by atoms with Crippen molar-refractivity contribution in [1.29, 1.82) is 0 Å². The second-order valence-corrected chi connectivity index (χ2v) is 7.45. The lowest BCUT2D eigenvalue weighted by Gasteiger charge is -2.11. The van der Waals surface area contributed by atoms with Gasteiger partial charge in [0.1, 0.15) is 6.26 Å². The van der Waals surface area contributed by atoms with Crippen LogP contribution in [0, 0.1) is 17.0 Å². The molecule has 0 radical (unpaired) electrons. The van der Waals surface area contributed by atoms with Crippen molar-refractivity contribution < 1.29 is 9.45 Å². The standard InChI is InChI=1S/C15H22N6O3S2/c1-12-14(19-11-18-12)10-26-7-4-17-15(8-21(22)23)16-3-6-25-9-13-2-5-24-20-13/h2,5,8,11,16-17H,3-4,6-7,9-10H2,1H3,(H,18,19)/b15-8+. The molecule has 26 heavy (non-hydrogen) atoms. The Bertz CT molecular complexity index is 689. The molecule has 142 valence electrons. The predicted octanol–water partition coefficient (Wildman–Crippen LogP) is 2.13. The van der Waals surface area contributed by atoms with Crippen LogP contribution in [0.1, 0.15) is 17.1 Å². The van der Waals surface area contributed by atoms with Gasteiger partial charge in [0.15, 0.2) is 5.82 Å². The summed E-state index contributed by atoms with van der Waals surface area (Å²) in [4.78, 5) is 17.5. The molecule has 3 N–H and O–H groups in total. The summed E-state index contributed by atoms with van der Waals surface area (Å²) in [5.74, 6) is 3.65. The number of thioether (sulfide) groups is 2. The van der Waals surface area contributed by atoms with Gasteiger partial charge in [-0.3, -0.25) is 10.1 Å². The molecule has 9 nitrogen and oxygen atoms in total. The summed E-state index contributed by atoms with van der Waals surface area (Å²) in [6.07, 6.45) is 4.19. The molecule has 0 aliphatic rings. The molecule has 2 aromatic heterocycles. The number of nitrogens with zero attached hydrogens (tertiary/aromatic N) is 3. The van der Waals surface area contributed by atoms with Gasteiger partial charge in [-0.2, -0.15) is 23.5 Å². The quantitative estimate of drug-likeness (QED) is 0.264. The number of rotatable bonds is 13. The Morgan fingerprint density at radius 1 is 1.35 bits per heavy atom. The van der Waals surface area contributed by atoms with Crippen molar-refractivity contribution in [2.45, 2.75) is 18.4 Å². The van der Waals surface area contributed by atoms with E-state index < -0.39 is 4.92 Å². The Hall–Kier alpha value is -2.14. The molecule has 0 saturated heterocycles. The minimum atomic E-state index is -0.459. The molecule has 0 atom stereocenters. The van der Waals surface area contributed by atoms with Crippen LogP contribution in [0.25, 0.3) is 0 Å². The fourth-order valence-electron chi connectivity index (χ4n) is 1.97. The predicted molar refractivity (Wildman–Crippen MR) is 103 cm³/mol. The van der Waals surface area contributed by atoms with Crippen molar-refractivity contribution in [3.63, 3.8) is 0 Å². The lowest BCUT2D eigenvalue weighted by atomic mass is 10.4. The highest BCUT2D eigenvalue weighted by Gasteiger charge is 2.04. The maximum atomic E-state index is 10.7. The average Bonchev–Trinajstić information content (AvgIpc) is 3.25. The summed E-state index contributed by atoms with van der Waals surface area (Å²) in [7, 11) is 0. The van der Waals surface area contributed by atoms with Crippen molar-refractivity contribution >= 4 is 23.5 Å². The molecule has 11 heteroatoms. The van der Waals surface area contributed by atoms with Gasteiger partial charge >= 0.3 is 0 Å². The third kappa shape index (κ3) is 7.83. The first-order valence-electron chi connectivity index (χ1n) is 8.02. The van der Waals surface area contributed by atoms with Crippen molar-refractivity contribution in [2.24, 2.45) is 0 Å². The first-order valence-corrected chi connectivity index (χ1v) is 10.3. The third-order valence-corrected chi connectivity index (χ3v) is 5.26. The minimum Gasteiger partial charge on any atom is -0.366 e. The molecule has 0 fully saturated rings. The SMILES string of the molecule is Cc1nc[nH]c1CSCCN/C(=C/[N+](=O)[O-])NCCSCc1ccon1. The smallest absolute Gasteiger partial charge is 0.274 e. The van der Waals surface area contributed by atoms with E-state index in [9.17, 15) is 10.1 Å². The van der Waals surface area contributed by atoms with E-state index in [-0.39, 0.29) is 0 Å². The van der Waals surface area contributed by atoms with Crippen molar-refractivity contribution in [3.8, 4) is 0 Å². The van der Waals surface area contributed by atoms with E-state index in [0.29, 0.717) is 18.9 Å². The summed E-state index contributed by atoms with van der Waals surface area (Å²) < 4.78 is 4.77. The molecule has 0 saturated carbocycles. The molecule has 0 aromatic carbocycles. The van der Waals surface area contributed by atoms with Crippen LogP contribution in [0.5, 0.6) is 0 Å². The van der Waals surface area contributed by atoms with Gasteiger partial charge in [-0.25, -0.2) is 4.98 Å². The number of hydrogen-bond donors (Lipinski definition) is 3. The number of nitro groups is 1. The lowest BCUT2D eigenvalue weighted by Crippen LogP contribution is -2.30. The number of imidazole rings is 1. The van der Waals surface area contributed by atoms with E-state index >= 15 is 0 Å². The van der Waals surface area contributed by atoms with Gasteiger partial charge in [-0.05, 0) is 6.92 Å². The van der Waals surface area contributed by atoms with Gasteiger partial charge in [-0.15, -0.1) is 0 Å². The zero-order valence-electron chi connectivity index (χ0n) is 14.4. The van der Waals surface area contributed by atoms with Crippen molar-refractivity contribution in [2.75, 3.05) is 24.6 Å². The minimum absolute atomic E-state index is 0.426. The Balaban J connectivity index is 1.60. The second-order valence-electron chi connectivity index (χ2n) is 5.24. The van der Waals surface area contributed by atoms with Crippen LogP contribution in [0.2, 0.25) is 0 Å². The molecule has 2 aromatic rings. The molecule has 0 aliphatic carbocycles. The summed E-state index contributed by atoms with van der Waals surface area (Å²) in [5.41, 5.74) is 3.00. The average molecular weight is 399 g/mol. The molecule has 0 spiro atoms. The fourth-order valence-corrected chi connectivity index (χ4v) is 3.61. The normalized spacial score (nSPS) is 11.5. The van der Waals surface area contributed by atoms with Gasteiger partial charge in [0.2, 0.25) is 0 Å². The number of aromatic amines is 1. The molecular formula is C15H22N6O3S2. The molecule has 0 unspecified atom stereocenters. The number of aryl methyl sites for hydroxylation is 1. The third-order valence-electron chi connectivity index (χ3n) is 3.28. The van der Waals surface area contributed by atoms with Gasteiger partial charge in [0.05, 0.1) is 22.6 Å². The zero-order valence-corrected chi connectivity index (χ0v) is 16.1. The highest BCUT2D eigenvalue weighted by molar-refractivity contribution is 7.98. The van der Waals surface area contributed by atoms with E-state index in [1.807, 2.05) is 13.0 Å². The van der Waals surface area contributed by atoms with E-state index in [0.717, 1.165) is 46.3 Å². The first-order chi connectivity index (χ1) is 12.6. The highest BCUT2D eigenvalue weighted by Crippen LogP contribution is 2.12. The summed E-state index contributed by atoms with van der Waals surface area (Å²) >= 11 is 3.42. The number of H-pyrrole nitrogens is 1. The van der Waals surface area contributed by atoms with Gasteiger partial charge in [0.25, 0.3) is 6.20 Å². The molecule has 0 amide bonds. The van der Waals surface area contributed by atoms with Crippen LogP contribution in [-0.4, -0.2) is 44.6 Å². The van der Waals surface area contributed by atoms with Gasteiger partial charge in [0, 0.05) is 47.9 Å². The van der Waals surface area contributed by atoms with Crippen LogP contribution in [0.4, 0.5) is 0 Å². The molecule has 0 bridgehead atoms. The first kappa shape index (κ1) is 20.2. The number of aromatic nitrogens is 3. The summed E-state index contributed by atoms with van der Waals surface area (Å²) in [5, 5.41) is 20.7. The second kappa shape index (κ2) is 11.5. The van der Waals surface area contributed by atoms with Crippen molar-refractivity contribution in [1.82, 2.24) is 25.8 Å². The maximum Gasteiger partial charge on any atom is 0.274 e. The van der Waals surface area contributed by atoms with E-state index in [2.05, 4.69) is 25.8 Å². The molecule has 2 heterocycles. The van der Waals surface area contributed by atoms with Crippen LogP contribution >= 0.6 is 23.5 Å². The Morgan fingerprint density at radius 2 is 2.08 bits per heavy atom. The number of hydrogen-bond acceptors (Lipinski definition) is 9. The number of nitrogens with one attached hydrogen (secondary N) is 3. The van der Waals surface area contributed by atoms with E-state index in [1.165, 1.54) is 0 Å². The van der Waals surface area contributed by atoms with Crippen LogP contribution < -0.4 is 10.6 Å². The summed E-state index contributed by atoms with van der Waals surface area (Å²) in [6, 6.07) is 1.82. The van der Waals surface area contributed by atoms with Crippen LogP contribution in [0.15, 0.2) is 35.2 Å². The summed E-state index contributed by atoms with van der Waals surface area (Å²) in [6.45, 7) is 3.22. The monoisotopic (exact) mass is 398 g/mol. The Labute approximate surface area is 159 Å². The molecular weight excluding hydrogens is 376 g/mol. The van der Waals surface area contributed by atoms with Gasteiger partial charge in [-0.1, -0.05) is 5.16 Å². The largest absolute Gasteiger partial charge is 0.366 e. The Kier molecular flexibility index (Phi) is 8.90.